The Morgan fingerprint density at radius 1 is 1.39 bits per heavy atom. The first-order valence-electron chi connectivity index (χ1n) is 6.15. The fraction of sp³-hybridized carbons (Fsp3) is 0.429. The van der Waals surface area contributed by atoms with Crippen LogP contribution in [0.2, 0.25) is 0 Å². The number of benzene rings is 1. The van der Waals surface area contributed by atoms with E-state index in [1.165, 1.54) is 6.92 Å². The quantitative estimate of drug-likeness (QED) is 0.813. The zero-order valence-corrected chi connectivity index (χ0v) is 10.6. The Hall–Kier alpha value is -1.84. The first-order chi connectivity index (χ1) is 8.52. The highest BCUT2D eigenvalue weighted by molar-refractivity contribution is 6.06. The number of aryl methyl sites for hydroxylation is 2. The van der Waals surface area contributed by atoms with Gasteiger partial charge in [-0.15, -0.1) is 0 Å². The van der Waals surface area contributed by atoms with Crippen LogP contribution in [0.5, 0.6) is 0 Å². The summed E-state index contributed by atoms with van der Waals surface area (Å²) in [7, 11) is 0. The third-order valence-electron chi connectivity index (χ3n) is 3.43. The maximum absolute atomic E-state index is 12.2. The SMILES string of the molecule is Cc1cccc2c1N(C(=O)C(C)C(=O)O)CCC2. The molecule has 1 atom stereocenters. The van der Waals surface area contributed by atoms with Gasteiger partial charge in [-0.05, 0) is 37.8 Å². The molecule has 1 aliphatic rings. The maximum atomic E-state index is 12.2. The molecule has 0 spiro atoms. The van der Waals surface area contributed by atoms with Crippen LogP contribution in [0.3, 0.4) is 0 Å². The van der Waals surface area contributed by atoms with Gasteiger partial charge in [0.05, 0.1) is 0 Å². The lowest BCUT2D eigenvalue weighted by molar-refractivity contribution is -0.145. The van der Waals surface area contributed by atoms with Crippen molar-refractivity contribution in [2.75, 3.05) is 11.4 Å². The molecule has 1 aromatic rings. The smallest absolute Gasteiger partial charge is 0.315 e. The second kappa shape index (κ2) is 4.80. The molecule has 2 rings (SSSR count). The average molecular weight is 247 g/mol. The number of fused-ring (bicyclic) bond motifs is 1. The molecule has 0 aromatic heterocycles. The van der Waals surface area contributed by atoms with E-state index in [9.17, 15) is 9.59 Å². The molecule has 0 fully saturated rings. The number of hydrogen-bond donors (Lipinski definition) is 1. The van der Waals surface area contributed by atoms with Crippen LogP contribution in [0.1, 0.15) is 24.5 Å². The molecule has 1 amide bonds. The molecule has 1 aromatic carbocycles. The number of nitrogens with zero attached hydrogens (tertiary/aromatic N) is 1. The standard InChI is InChI=1S/C14H17NO3/c1-9-5-3-6-11-7-4-8-15(12(9)11)13(16)10(2)14(17)18/h3,5-6,10H,4,7-8H2,1-2H3,(H,17,18). The Kier molecular flexibility index (Phi) is 3.36. The zero-order valence-electron chi connectivity index (χ0n) is 10.6. The lowest BCUT2D eigenvalue weighted by atomic mass is 9.97. The molecule has 0 aliphatic carbocycles. The van der Waals surface area contributed by atoms with Crippen molar-refractivity contribution in [3.63, 3.8) is 0 Å². The van der Waals surface area contributed by atoms with Crippen LogP contribution < -0.4 is 4.90 Å². The summed E-state index contributed by atoms with van der Waals surface area (Å²) in [5, 5.41) is 8.95. The summed E-state index contributed by atoms with van der Waals surface area (Å²) in [4.78, 5) is 24.8. The number of hydrogen-bond acceptors (Lipinski definition) is 2. The number of para-hydroxylation sites is 1. The molecule has 0 saturated carbocycles. The van der Waals surface area contributed by atoms with E-state index < -0.39 is 11.9 Å². The number of aliphatic carboxylic acids is 1. The zero-order chi connectivity index (χ0) is 13.3. The average Bonchev–Trinajstić information content (AvgIpc) is 2.36. The molecular formula is C14H17NO3. The minimum absolute atomic E-state index is 0.322. The topological polar surface area (TPSA) is 57.6 Å². The van der Waals surface area contributed by atoms with Crippen LogP contribution in [0.25, 0.3) is 0 Å². The lowest BCUT2D eigenvalue weighted by Crippen LogP contribution is -2.41. The number of carboxylic acid groups (broad SMARTS) is 1. The van der Waals surface area contributed by atoms with Crippen LogP contribution >= 0.6 is 0 Å². The van der Waals surface area contributed by atoms with Gasteiger partial charge in [0.2, 0.25) is 5.91 Å². The van der Waals surface area contributed by atoms with E-state index in [2.05, 4.69) is 0 Å². The van der Waals surface area contributed by atoms with Crippen LogP contribution in [-0.2, 0) is 16.0 Å². The van der Waals surface area contributed by atoms with Crippen molar-refractivity contribution in [3.8, 4) is 0 Å². The minimum atomic E-state index is -1.07. The van der Waals surface area contributed by atoms with Gasteiger partial charge in [-0.3, -0.25) is 9.59 Å². The Morgan fingerprint density at radius 3 is 2.78 bits per heavy atom. The van der Waals surface area contributed by atoms with Crippen LogP contribution in [0, 0.1) is 12.8 Å². The van der Waals surface area contributed by atoms with Crippen molar-refractivity contribution in [2.45, 2.75) is 26.7 Å². The van der Waals surface area contributed by atoms with Crippen LogP contribution in [0.4, 0.5) is 5.69 Å². The number of amides is 1. The van der Waals surface area contributed by atoms with Crippen molar-refractivity contribution in [2.24, 2.45) is 5.92 Å². The predicted molar refractivity (Wildman–Crippen MR) is 68.7 cm³/mol. The number of carboxylic acids is 1. The van der Waals surface area contributed by atoms with E-state index in [0.717, 1.165) is 29.7 Å². The van der Waals surface area contributed by atoms with Gasteiger partial charge in [0.1, 0.15) is 5.92 Å². The molecular weight excluding hydrogens is 230 g/mol. The first kappa shape index (κ1) is 12.6. The summed E-state index contributed by atoms with van der Waals surface area (Å²) in [5.41, 5.74) is 3.06. The minimum Gasteiger partial charge on any atom is -0.481 e. The fourth-order valence-electron chi connectivity index (χ4n) is 2.41. The normalized spacial score (nSPS) is 16.0. The summed E-state index contributed by atoms with van der Waals surface area (Å²) in [5.74, 6) is -2.38. The maximum Gasteiger partial charge on any atom is 0.315 e. The van der Waals surface area contributed by atoms with Gasteiger partial charge in [0.15, 0.2) is 0 Å². The van der Waals surface area contributed by atoms with Crippen LogP contribution in [-0.4, -0.2) is 23.5 Å². The molecule has 18 heavy (non-hydrogen) atoms. The lowest BCUT2D eigenvalue weighted by Gasteiger charge is -2.32. The fourth-order valence-corrected chi connectivity index (χ4v) is 2.41. The van der Waals surface area contributed by atoms with E-state index in [1.54, 1.807) is 4.90 Å². The van der Waals surface area contributed by atoms with Crippen molar-refractivity contribution in [1.29, 1.82) is 0 Å². The predicted octanol–water partition coefficient (Wildman–Crippen LogP) is 1.99. The first-order valence-corrected chi connectivity index (χ1v) is 6.15. The van der Waals surface area contributed by atoms with Gasteiger partial charge >= 0.3 is 5.97 Å². The molecule has 0 saturated heterocycles. The molecule has 1 aliphatic heterocycles. The van der Waals surface area contributed by atoms with Crippen molar-refractivity contribution in [3.05, 3.63) is 29.3 Å². The summed E-state index contributed by atoms with van der Waals surface area (Å²) in [6.45, 7) is 4.00. The van der Waals surface area contributed by atoms with E-state index in [4.69, 9.17) is 5.11 Å². The monoisotopic (exact) mass is 247 g/mol. The van der Waals surface area contributed by atoms with Gasteiger partial charge < -0.3 is 10.0 Å². The highest BCUT2D eigenvalue weighted by Crippen LogP contribution is 2.31. The molecule has 0 bridgehead atoms. The van der Waals surface area contributed by atoms with E-state index in [-0.39, 0.29) is 5.91 Å². The molecule has 1 unspecified atom stereocenters. The summed E-state index contributed by atoms with van der Waals surface area (Å²) in [6, 6.07) is 5.94. The van der Waals surface area contributed by atoms with Crippen molar-refractivity contribution < 1.29 is 14.7 Å². The highest BCUT2D eigenvalue weighted by Gasteiger charge is 2.30. The Morgan fingerprint density at radius 2 is 2.11 bits per heavy atom. The van der Waals surface area contributed by atoms with E-state index >= 15 is 0 Å². The van der Waals surface area contributed by atoms with Gasteiger partial charge in [-0.1, -0.05) is 18.2 Å². The Bertz CT molecular complexity index is 496. The van der Waals surface area contributed by atoms with Gasteiger partial charge in [0, 0.05) is 12.2 Å². The van der Waals surface area contributed by atoms with Gasteiger partial charge in [-0.25, -0.2) is 0 Å². The van der Waals surface area contributed by atoms with E-state index in [0.29, 0.717) is 6.54 Å². The molecule has 1 N–H and O–H groups in total. The molecule has 4 heteroatoms. The van der Waals surface area contributed by atoms with Gasteiger partial charge in [-0.2, -0.15) is 0 Å². The number of carbonyl (C=O) groups is 2. The third kappa shape index (κ3) is 2.10. The molecule has 1 heterocycles. The molecule has 0 radical (unpaired) electrons. The Labute approximate surface area is 106 Å². The third-order valence-corrected chi connectivity index (χ3v) is 3.43. The van der Waals surface area contributed by atoms with Crippen molar-refractivity contribution in [1.82, 2.24) is 0 Å². The van der Waals surface area contributed by atoms with E-state index in [1.807, 2.05) is 25.1 Å². The molecule has 96 valence electrons. The number of anilines is 1. The number of carbonyl (C=O) groups excluding carboxylic acids is 1. The number of rotatable bonds is 2. The van der Waals surface area contributed by atoms with Crippen LogP contribution in [0.15, 0.2) is 18.2 Å². The summed E-state index contributed by atoms with van der Waals surface area (Å²) < 4.78 is 0. The second-order valence-corrected chi connectivity index (χ2v) is 4.74. The second-order valence-electron chi connectivity index (χ2n) is 4.74. The Balaban J connectivity index is 2.38. The largest absolute Gasteiger partial charge is 0.481 e. The highest BCUT2D eigenvalue weighted by atomic mass is 16.4. The summed E-state index contributed by atoms with van der Waals surface area (Å²) >= 11 is 0. The van der Waals surface area contributed by atoms with Crippen molar-refractivity contribution >= 4 is 17.6 Å². The van der Waals surface area contributed by atoms with Gasteiger partial charge in [0.25, 0.3) is 0 Å². The molecule has 4 nitrogen and oxygen atoms in total. The summed E-state index contributed by atoms with van der Waals surface area (Å²) in [6.07, 6.45) is 1.83.